The molecule has 0 aliphatic rings. The quantitative estimate of drug-likeness (QED) is 0.399. The lowest BCUT2D eigenvalue weighted by atomic mass is 10.0. The van der Waals surface area contributed by atoms with E-state index in [0.717, 1.165) is 15.6 Å². The maximum Gasteiger partial charge on any atom is 0.320 e. The van der Waals surface area contributed by atoms with Crippen molar-refractivity contribution >= 4 is 27.6 Å². The van der Waals surface area contributed by atoms with Crippen LogP contribution in [0.4, 0.5) is 5.69 Å². The molecule has 1 atom stereocenters. The second kappa shape index (κ2) is 10.2. The molecule has 0 saturated heterocycles. The molecule has 0 saturated carbocycles. The van der Waals surface area contributed by atoms with E-state index in [2.05, 4.69) is 21.2 Å². The Morgan fingerprint density at radius 2 is 1.90 bits per heavy atom. The van der Waals surface area contributed by atoms with Crippen molar-refractivity contribution in [3.05, 3.63) is 62.1 Å². The minimum Gasteiger partial charge on any atom is -0.493 e. The Balaban J connectivity index is 2.24. The second-order valence-corrected chi connectivity index (χ2v) is 7.56. The second-order valence-electron chi connectivity index (χ2n) is 6.71. The summed E-state index contributed by atoms with van der Waals surface area (Å²) in [6.07, 6.45) is 0. The molecule has 0 aliphatic heterocycles. The Morgan fingerprint density at radius 1 is 1.24 bits per heavy atom. The van der Waals surface area contributed by atoms with Crippen molar-refractivity contribution in [3.8, 4) is 11.5 Å². The molecule has 1 unspecified atom stereocenters. The third-order valence-electron chi connectivity index (χ3n) is 4.35. The number of halogens is 1. The van der Waals surface area contributed by atoms with Gasteiger partial charge in [0, 0.05) is 28.7 Å². The molecule has 2 rings (SSSR count). The molecule has 156 valence electrons. The number of carboxylic acid groups (broad SMARTS) is 1. The maximum atomic E-state index is 11.5. The van der Waals surface area contributed by atoms with E-state index in [9.17, 15) is 20.0 Å². The number of carbonyl (C=O) groups is 1. The summed E-state index contributed by atoms with van der Waals surface area (Å²) < 4.78 is 12.1. The predicted molar refractivity (Wildman–Crippen MR) is 111 cm³/mol. The first-order valence-electron chi connectivity index (χ1n) is 8.92. The van der Waals surface area contributed by atoms with E-state index in [1.54, 1.807) is 24.3 Å². The van der Waals surface area contributed by atoms with E-state index in [0.29, 0.717) is 11.5 Å². The molecule has 2 N–H and O–H groups in total. The van der Waals surface area contributed by atoms with Gasteiger partial charge in [0.05, 0.1) is 12.0 Å². The van der Waals surface area contributed by atoms with Crippen LogP contribution in [0.15, 0.2) is 40.9 Å². The maximum absolute atomic E-state index is 11.5. The minimum atomic E-state index is -0.924. The predicted octanol–water partition coefficient (Wildman–Crippen LogP) is 4.14. The average Bonchev–Trinajstić information content (AvgIpc) is 2.67. The Hall–Kier alpha value is -2.65. The van der Waals surface area contributed by atoms with Crippen LogP contribution in [0, 0.1) is 16.0 Å². The van der Waals surface area contributed by atoms with Gasteiger partial charge in [-0.1, -0.05) is 29.8 Å². The van der Waals surface area contributed by atoms with E-state index >= 15 is 0 Å². The van der Waals surface area contributed by atoms with Crippen molar-refractivity contribution in [3.63, 3.8) is 0 Å². The summed E-state index contributed by atoms with van der Waals surface area (Å²) in [5, 5.41) is 23.2. The standard InChI is InChI=1S/C20H23BrN2O6/c1-12(2)18(20(24)25)22-10-15-16(21)8-9-17(28-3)19(15)29-11-13-4-6-14(7-5-13)23(26)27/h4-9,12,18,22H,10-11H2,1-3H3,(H,24,25). The van der Waals surface area contributed by atoms with Crippen LogP contribution < -0.4 is 14.8 Å². The van der Waals surface area contributed by atoms with Gasteiger partial charge in [-0.3, -0.25) is 20.2 Å². The van der Waals surface area contributed by atoms with E-state index in [4.69, 9.17) is 9.47 Å². The van der Waals surface area contributed by atoms with E-state index in [1.165, 1.54) is 19.2 Å². The first-order chi connectivity index (χ1) is 13.7. The number of nitro benzene ring substituents is 1. The fourth-order valence-electron chi connectivity index (χ4n) is 2.76. The van der Waals surface area contributed by atoms with Crippen molar-refractivity contribution in [2.24, 2.45) is 5.92 Å². The molecule has 0 amide bonds. The van der Waals surface area contributed by atoms with E-state index in [1.807, 2.05) is 13.8 Å². The van der Waals surface area contributed by atoms with Crippen molar-refractivity contribution in [2.75, 3.05) is 7.11 Å². The largest absolute Gasteiger partial charge is 0.493 e. The monoisotopic (exact) mass is 466 g/mol. The van der Waals surface area contributed by atoms with Gasteiger partial charge in [0.25, 0.3) is 5.69 Å². The fourth-order valence-corrected chi connectivity index (χ4v) is 3.21. The van der Waals surface area contributed by atoms with Gasteiger partial charge in [-0.15, -0.1) is 0 Å². The lowest BCUT2D eigenvalue weighted by Crippen LogP contribution is -2.40. The summed E-state index contributed by atoms with van der Waals surface area (Å²) in [5.41, 5.74) is 1.48. The molecule has 0 aliphatic carbocycles. The topological polar surface area (TPSA) is 111 Å². The Kier molecular flexibility index (Phi) is 7.98. The van der Waals surface area contributed by atoms with Crippen LogP contribution in [0.3, 0.4) is 0 Å². The number of hydrogen-bond donors (Lipinski definition) is 2. The van der Waals surface area contributed by atoms with Gasteiger partial charge in [-0.2, -0.15) is 0 Å². The Labute approximate surface area is 177 Å². The number of ether oxygens (including phenoxy) is 2. The average molecular weight is 467 g/mol. The molecule has 2 aromatic rings. The molecule has 9 heteroatoms. The number of rotatable bonds is 10. The summed E-state index contributed by atoms with van der Waals surface area (Å²) in [6, 6.07) is 8.92. The number of non-ortho nitro benzene ring substituents is 1. The third-order valence-corrected chi connectivity index (χ3v) is 5.09. The van der Waals surface area contributed by atoms with Crippen molar-refractivity contribution in [1.82, 2.24) is 5.32 Å². The van der Waals surface area contributed by atoms with Crippen LogP contribution in [-0.4, -0.2) is 29.2 Å². The number of methoxy groups -OCH3 is 1. The number of nitro groups is 1. The molecule has 0 bridgehead atoms. The van der Waals surface area contributed by atoms with Crippen LogP contribution in [0.2, 0.25) is 0 Å². The van der Waals surface area contributed by atoms with Crippen LogP contribution >= 0.6 is 15.9 Å². The zero-order chi connectivity index (χ0) is 21.6. The molecule has 0 aromatic heterocycles. The highest BCUT2D eigenvalue weighted by Gasteiger charge is 2.23. The zero-order valence-electron chi connectivity index (χ0n) is 16.3. The van der Waals surface area contributed by atoms with Crippen LogP contribution in [-0.2, 0) is 17.9 Å². The van der Waals surface area contributed by atoms with Crippen LogP contribution in [0.25, 0.3) is 0 Å². The highest BCUT2D eigenvalue weighted by molar-refractivity contribution is 9.10. The third kappa shape index (κ3) is 5.91. The smallest absolute Gasteiger partial charge is 0.320 e. The zero-order valence-corrected chi connectivity index (χ0v) is 17.9. The fraction of sp³-hybridized carbons (Fsp3) is 0.350. The summed E-state index contributed by atoms with van der Waals surface area (Å²) in [7, 11) is 1.52. The first kappa shape index (κ1) is 22.6. The van der Waals surface area contributed by atoms with Gasteiger partial charge in [-0.05, 0) is 35.7 Å². The van der Waals surface area contributed by atoms with E-state index < -0.39 is 16.9 Å². The van der Waals surface area contributed by atoms with Crippen molar-refractivity contribution in [2.45, 2.75) is 33.0 Å². The lowest BCUT2D eigenvalue weighted by Gasteiger charge is -2.21. The van der Waals surface area contributed by atoms with Crippen LogP contribution in [0.5, 0.6) is 11.5 Å². The number of nitrogens with zero attached hydrogens (tertiary/aromatic N) is 1. The van der Waals surface area contributed by atoms with Gasteiger partial charge in [0.15, 0.2) is 11.5 Å². The number of benzene rings is 2. The molecule has 29 heavy (non-hydrogen) atoms. The number of aliphatic carboxylic acids is 1. The van der Waals surface area contributed by atoms with Gasteiger partial charge in [0.2, 0.25) is 0 Å². The molecule has 8 nitrogen and oxygen atoms in total. The van der Waals surface area contributed by atoms with Crippen molar-refractivity contribution in [1.29, 1.82) is 0 Å². The number of carboxylic acids is 1. The molecule has 0 heterocycles. The molecular formula is C20H23BrN2O6. The molecule has 0 radical (unpaired) electrons. The van der Waals surface area contributed by atoms with Gasteiger partial charge >= 0.3 is 5.97 Å². The Morgan fingerprint density at radius 3 is 2.41 bits per heavy atom. The van der Waals surface area contributed by atoms with Gasteiger partial charge in [0.1, 0.15) is 12.6 Å². The molecular weight excluding hydrogens is 444 g/mol. The minimum absolute atomic E-state index is 0.00655. The highest BCUT2D eigenvalue weighted by atomic mass is 79.9. The highest BCUT2D eigenvalue weighted by Crippen LogP contribution is 2.37. The lowest BCUT2D eigenvalue weighted by molar-refractivity contribution is -0.384. The normalized spacial score (nSPS) is 11.9. The van der Waals surface area contributed by atoms with Gasteiger partial charge < -0.3 is 14.6 Å². The number of nitrogens with one attached hydrogen (secondary N) is 1. The summed E-state index contributed by atoms with van der Waals surface area (Å²) >= 11 is 3.49. The summed E-state index contributed by atoms with van der Waals surface area (Å²) in [6.45, 7) is 4.09. The molecule has 0 spiro atoms. The molecule has 0 fully saturated rings. The summed E-state index contributed by atoms with van der Waals surface area (Å²) in [5.74, 6) is -0.0438. The van der Waals surface area contributed by atoms with Crippen molar-refractivity contribution < 1.29 is 24.3 Å². The van der Waals surface area contributed by atoms with E-state index in [-0.39, 0.29) is 24.8 Å². The van der Waals surface area contributed by atoms with Crippen LogP contribution in [0.1, 0.15) is 25.0 Å². The molecule has 2 aromatic carbocycles. The number of hydrogen-bond acceptors (Lipinski definition) is 6. The SMILES string of the molecule is COc1ccc(Br)c(CNC(C(=O)O)C(C)C)c1OCc1ccc([N+](=O)[O-])cc1. The first-order valence-corrected chi connectivity index (χ1v) is 9.71. The summed E-state index contributed by atoms with van der Waals surface area (Å²) in [4.78, 5) is 21.8. The van der Waals surface area contributed by atoms with Gasteiger partial charge in [-0.25, -0.2) is 0 Å². The Bertz CT molecular complexity index is 870.